The summed E-state index contributed by atoms with van der Waals surface area (Å²) in [5.74, 6) is 1.11. The lowest BCUT2D eigenvalue weighted by molar-refractivity contribution is -0.127. The Kier molecular flexibility index (Phi) is 11.4. The number of aldehydes is 1. The van der Waals surface area contributed by atoms with E-state index < -0.39 is 0 Å². The van der Waals surface area contributed by atoms with E-state index in [9.17, 15) is 4.79 Å². The number of nitrogens with zero attached hydrogens (tertiary/aromatic N) is 1. The van der Waals surface area contributed by atoms with Gasteiger partial charge in [-0.25, -0.2) is 0 Å². The van der Waals surface area contributed by atoms with Crippen LogP contribution in [0.25, 0.3) is 0 Å². The molecule has 1 N–H and O–H groups in total. The Bertz CT molecular complexity index is 265. The lowest BCUT2D eigenvalue weighted by Gasteiger charge is -2.28. The zero-order chi connectivity index (χ0) is 15.4. The van der Waals surface area contributed by atoms with Gasteiger partial charge in [0.25, 0.3) is 0 Å². The zero-order valence-electron chi connectivity index (χ0n) is 13.7. The highest BCUT2D eigenvalue weighted by atomic mass is 16.1. The van der Waals surface area contributed by atoms with Crippen LogP contribution in [0.15, 0.2) is 0 Å². The molecule has 0 aromatic rings. The van der Waals surface area contributed by atoms with E-state index in [1.165, 1.54) is 26.2 Å². The summed E-state index contributed by atoms with van der Waals surface area (Å²) in [7, 11) is 0. The van der Waals surface area contributed by atoms with Gasteiger partial charge in [-0.2, -0.15) is 0 Å². The molecule has 2 atom stereocenters. The molecule has 1 saturated carbocycles. The van der Waals surface area contributed by atoms with Crippen molar-refractivity contribution in [3.8, 4) is 0 Å². The topological polar surface area (TPSA) is 49.4 Å². The largest absolute Gasteiger partial charge is 0.355 e. The molecule has 4 nitrogen and oxygen atoms in total. The van der Waals surface area contributed by atoms with Crippen molar-refractivity contribution in [2.75, 3.05) is 26.2 Å². The first-order chi connectivity index (χ1) is 9.60. The third kappa shape index (κ3) is 7.63. The lowest BCUT2D eigenvalue weighted by Crippen LogP contribution is -2.40. The molecule has 1 fully saturated rings. The zero-order valence-corrected chi connectivity index (χ0v) is 13.7. The van der Waals surface area contributed by atoms with Crippen LogP contribution in [-0.2, 0) is 9.59 Å². The minimum Gasteiger partial charge on any atom is -0.355 e. The molecule has 20 heavy (non-hydrogen) atoms. The number of rotatable bonds is 6. The van der Waals surface area contributed by atoms with Crippen LogP contribution in [0.5, 0.6) is 0 Å². The molecular formula is C16H32N2O2. The second-order valence-electron chi connectivity index (χ2n) is 5.42. The van der Waals surface area contributed by atoms with Crippen LogP contribution in [-0.4, -0.2) is 43.3 Å². The maximum absolute atomic E-state index is 12.0. The summed E-state index contributed by atoms with van der Waals surface area (Å²) in [6.45, 7) is 11.9. The molecule has 0 bridgehead atoms. The molecule has 0 aromatic carbocycles. The van der Waals surface area contributed by atoms with E-state index in [1.54, 1.807) is 0 Å². The fourth-order valence-corrected chi connectivity index (χ4v) is 2.71. The maximum atomic E-state index is 12.0. The van der Waals surface area contributed by atoms with Gasteiger partial charge in [0.15, 0.2) is 0 Å². The van der Waals surface area contributed by atoms with Gasteiger partial charge in [0.1, 0.15) is 6.29 Å². The predicted molar refractivity (Wildman–Crippen MR) is 83.7 cm³/mol. The summed E-state index contributed by atoms with van der Waals surface area (Å²) in [5, 5.41) is 3.10. The molecule has 0 saturated heterocycles. The molecule has 1 amide bonds. The number of hydrogen-bond donors (Lipinski definition) is 1. The number of carbonyl (C=O) groups is 2. The Morgan fingerprint density at radius 3 is 2.30 bits per heavy atom. The molecule has 4 heteroatoms. The summed E-state index contributed by atoms with van der Waals surface area (Å²) in [4.78, 5) is 23.2. The van der Waals surface area contributed by atoms with Gasteiger partial charge >= 0.3 is 0 Å². The number of amides is 1. The first-order valence-corrected chi connectivity index (χ1v) is 8.00. The van der Waals surface area contributed by atoms with Crippen molar-refractivity contribution in [2.45, 2.75) is 53.4 Å². The Morgan fingerprint density at radius 2 is 1.80 bits per heavy atom. The van der Waals surface area contributed by atoms with Crippen molar-refractivity contribution in [3.63, 3.8) is 0 Å². The summed E-state index contributed by atoms with van der Waals surface area (Å²) >= 11 is 0. The monoisotopic (exact) mass is 284 g/mol. The van der Waals surface area contributed by atoms with Crippen molar-refractivity contribution in [1.29, 1.82) is 0 Å². The average Bonchev–Trinajstić information content (AvgIpc) is 2.45. The van der Waals surface area contributed by atoms with Crippen LogP contribution < -0.4 is 5.32 Å². The van der Waals surface area contributed by atoms with Gasteiger partial charge in [-0.1, -0.05) is 33.6 Å². The van der Waals surface area contributed by atoms with E-state index in [1.807, 2.05) is 0 Å². The van der Waals surface area contributed by atoms with E-state index in [0.29, 0.717) is 5.92 Å². The highest BCUT2D eigenvalue weighted by Crippen LogP contribution is 2.29. The van der Waals surface area contributed by atoms with E-state index in [0.717, 1.165) is 38.9 Å². The summed E-state index contributed by atoms with van der Waals surface area (Å²) in [6.07, 6.45) is 5.56. The molecule has 0 aromatic heterocycles. The third-order valence-electron chi connectivity index (χ3n) is 4.07. The molecule has 118 valence electrons. The highest BCUT2D eigenvalue weighted by Gasteiger charge is 2.27. The maximum Gasteiger partial charge on any atom is 0.223 e. The second kappa shape index (κ2) is 11.9. The van der Waals surface area contributed by atoms with Gasteiger partial charge < -0.3 is 15.0 Å². The number of likely N-dealkylation sites (N-methyl/N-ethyl adjacent to an activating group) is 1. The smallest absolute Gasteiger partial charge is 0.223 e. The van der Waals surface area contributed by atoms with Gasteiger partial charge in [0.2, 0.25) is 5.91 Å². The fourth-order valence-electron chi connectivity index (χ4n) is 2.71. The molecule has 0 heterocycles. The molecule has 0 radical (unpaired) electrons. The predicted octanol–water partition coefficient (Wildman–Crippen LogP) is 2.48. The summed E-state index contributed by atoms with van der Waals surface area (Å²) in [5.41, 5.74) is 0. The van der Waals surface area contributed by atoms with Crippen molar-refractivity contribution in [2.24, 2.45) is 11.8 Å². The first kappa shape index (κ1) is 19.1. The van der Waals surface area contributed by atoms with Gasteiger partial charge in [-0.05, 0) is 38.8 Å². The van der Waals surface area contributed by atoms with E-state index >= 15 is 0 Å². The quantitative estimate of drug-likeness (QED) is 0.762. The van der Waals surface area contributed by atoms with Crippen LogP contribution in [0.2, 0.25) is 0 Å². The Hall–Kier alpha value is -0.900. The second-order valence-corrected chi connectivity index (χ2v) is 5.42. The van der Waals surface area contributed by atoms with Crippen LogP contribution in [0, 0.1) is 11.8 Å². The van der Waals surface area contributed by atoms with Gasteiger partial charge in [0.05, 0.1) is 0 Å². The van der Waals surface area contributed by atoms with Crippen molar-refractivity contribution in [3.05, 3.63) is 0 Å². The minimum atomic E-state index is 0.264. The van der Waals surface area contributed by atoms with Crippen LogP contribution in [0.3, 0.4) is 0 Å². The summed E-state index contributed by atoms with van der Waals surface area (Å²) in [6, 6.07) is 0. The summed E-state index contributed by atoms with van der Waals surface area (Å²) < 4.78 is 0. The van der Waals surface area contributed by atoms with Crippen molar-refractivity contribution in [1.82, 2.24) is 10.2 Å². The molecule has 0 spiro atoms. The number of carbonyl (C=O) groups excluding carboxylic acids is 2. The standard InChI is InChI=1S/C14H28N2O.C2H4O/c1-4-16(5-2)11-10-15-14(17)13-9-7-6-8-12(13)3;1-2-3/h12-13H,4-11H2,1-3H3,(H,15,17);2H,1H3. The van der Waals surface area contributed by atoms with Crippen LogP contribution in [0.4, 0.5) is 0 Å². The third-order valence-corrected chi connectivity index (χ3v) is 4.07. The van der Waals surface area contributed by atoms with Crippen molar-refractivity contribution >= 4 is 12.2 Å². The SMILES string of the molecule is CC=O.CCN(CC)CCNC(=O)C1CCCCC1C. The fraction of sp³-hybridized carbons (Fsp3) is 0.875. The van der Waals surface area contributed by atoms with Crippen molar-refractivity contribution < 1.29 is 9.59 Å². The Labute approximate surface area is 124 Å². The molecule has 1 aliphatic rings. The lowest BCUT2D eigenvalue weighted by atomic mass is 9.80. The number of nitrogens with one attached hydrogen (secondary N) is 1. The molecule has 1 aliphatic carbocycles. The van der Waals surface area contributed by atoms with E-state index in [2.05, 4.69) is 31.0 Å². The van der Waals surface area contributed by atoms with Gasteiger partial charge in [-0.3, -0.25) is 4.79 Å². The van der Waals surface area contributed by atoms with Crippen LogP contribution >= 0.6 is 0 Å². The normalized spacial score (nSPS) is 21.9. The molecule has 1 rings (SSSR count). The van der Waals surface area contributed by atoms with Gasteiger partial charge in [0, 0.05) is 19.0 Å². The van der Waals surface area contributed by atoms with E-state index in [-0.39, 0.29) is 11.8 Å². The minimum absolute atomic E-state index is 0.264. The Balaban J connectivity index is 0.00000110. The van der Waals surface area contributed by atoms with Crippen LogP contribution in [0.1, 0.15) is 53.4 Å². The first-order valence-electron chi connectivity index (χ1n) is 8.00. The number of hydrogen-bond acceptors (Lipinski definition) is 3. The molecular weight excluding hydrogens is 252 g/mol. The average molecular weight is 284 g/mol. The highest BCUT2D eigenvalue weighted by molar-refractivity contribution is 5.78. The Morgan fingerprint density at radius 1 is 1.25 bits per heavy atom. The molecule has 2 unspecified atom stereocenters. The van der Waals surface area contributed by atoms with Gasteiger partial charge in [-0.15, -0.1) is 0 Å². The van der Waals surface area contributed by atoms with E-state index in [4.69, 9.17) is 4.79 Å². The molecule has 0 aliphatic heterocycles.